The van der Waals surface area contributed by atoms with Crippen molar-refractivity contribution in [2.75, 3.05) is 18.0 Å². The van der Waals surface area contributed by atoms with Crippen molar-refractivity contribution in [3.05, 3.63) is 29.8 Å². The van der Waals surface area contributed by atoms with Crippen molar-refractivity contribution in [2.45, 2.75) is 19.1 Å². The summed E-state index contributed by atoms with van der Waals surface area (Å²) in [6.07, 6.45) is -1.56. The van der Waals surface area contributed by atoms with Gasteiger partial charge in [-0.05, 0) is 19.1 Å². The van der Waals surface area contributed by atoms with Crippen LogP contribution in [-0.2, 0) is 14.4 Å². The molecule has 2 unspecified atom stereocenters. The van der Waals surface area contributed by atoms with Gasteiger partial charge in [0.2, 0.25) is 6.41 Å². The van der Waals surface area contributed by atoms with Gasteiger partial charge in [0.25, 0.3) is 5.91 Å². The Bertz CT molecular complexity index is 555. The summed E-state index contributed by atoms with van der Waals surface area (Å²) in [5.41, 5.74) is 1.64. The van der Waals surface area contributed by atoms with Gasteiger partial charge in [0.15, 0.2) is 6.10 Å². The topological polar surface area (TPSA) is 98.2 Å². The molecule has 1 aromatic rings. The number of carboxylic acids is 1. The van der Waals surface area contributed by atoms with Crippen LogP contribution in [0, 0.1) is 6.92 Å². The number of rotatable bonds is 4. The maximum absolute atomic E-state index is 12.4. The maximum Gasteiger partial charge on any atom is 0.335 e. The zero-order valence-corrected chi connectivity index (χ0v) is 11.5. The molecule has 1 fully saturated rings. The van der Waals surface area contributed by atoms with Crippen LogP contribution in [0.1, 0.15) is 5.56 Å². The molecule has 0 aliphatic carbocycles. The first-order valence-corrected chi connectivity index (χ1v) is 6.45. The molecular weight excluding hydrogens is 276 g/mol. The highest BCUT2D eigenvalue weighted by Gasteiger charge is 2.42. The molecule has 2 atom stereocenters. The lowest BCUT2D eigenvalue weighted by Crippen LogP contribution is -2.62. The van der Waals surface area contributed by atoms with Crippen molar-refractivity contribution in [1.82, 2.24) is 4.90 Å². The minimum Gasteiger partial charge on any atom is -0.479 e. The van der Waals surface area contributed by atoms with Crippen molar-refractivity contribution < 1.29 is 24.6 Å². The highest BCUT2D eigenvalue weighted by Crippen LogP contribution is 2.22. The molecule has 0 spiro atoms. The van der Waals surface area contributed by atoms with Crippen LogP contribution in [0.3, 0.4) is 0 Å². The number of anilines is 1. The van der Waals surface area contributed by atoms with E-state index in [1.54, 1.807) is 12.1 Å². The van der Waals surface area contributed by atoms with Crippen molar-refractivity contribution in [3.8, 4) is 0 Å². The summed E-state index contributed by atoms with van der Waals surface area (Å²) in [6.45, 7) is 2.33. The quantitative estimate of drug-likeness (QED) is 0.737. The number of aryl methyl sites for hydroxylation is 1. The maximum atomic E-state index is 12.4. The van der Waals surface area contributed by atoms with E-state index in [1.165, 1.54) is 4.90 Å². The van der Waals surface area contributed by atoms with Crippen LogP contribution in [0.5, 0.6) is 0 Å². The SMILES string of the molecule is Cc1ccc(N2CCN(C=O)C(C(O)C(=O)O)C2=O)cc1. The Labute approximate surface area is 121 Å². The third kappa shape index (κ3) is 2.87. The summed E-state index contributed by atoms with van der Waals surface area (Å²) < 4.78 is 0. The van der Waals surface area contributed by atoms with E-state index in [-0.39, 0.29) is 13.1 Å². The van der Waals surface area contributed by atoms with Gasteiger partial charge in [-0.25, -0.2) is 4.79 Å². The van der Waals surface area contributed by atoms with Crippen LogP contribution in [0.2, 0.25) is 0 Å². The standard InChI is InChI=1S/C14H16N2O5/c1-9-2-4-10(5-3-9)16-7-6-15(8-17)11(13(16)19)12(18)14(20)21/h2-5,8,11-12,18H,6-7H2,1H3,(H,20,21). The largest absolute Gasteiger partial charge is 0.479 e. The number of hydrogen-bond donors (Lipinski definition) is 2. The van der Waals surface area contributed by atoms with Gasteiger partial charge >= 0.3 is 5.97 Å². The monoisotopic (exact) mass is 292 g/mol. The molecular formula is C14H16N2O5. The zero-order valence-electron chi connectivity index (χ0n) is 11.5. The minimum atomic E-state index is -1.95. The Hall–Kier alpha value is -2.41. The second kappa shape index (κ2) is 5.92. The first kappa shape index (κ1) is 15.0. The molecule has 2 amide bonds. The number of aliphatic hydroxyl groups excluding tert-OH is 1. The first-order valence-electron chi connectivity index (χ1n) is 6.45. The fourth-order valence-corrected chi connectivity index (χ4v) is 2.32. The second-order valence-electron chi connectivity index (χ2n) is 4.90. The molecule has 0 aromatic heterocycles. The second-order valence-corrected chi connectivity index (χ2v) is 4.90. The number of aliphatic carboxylic acids is 1. The fraction of sp³-hybridized carbons (Fsp3) is 0.357. The van der Waals surface area contributed by atoms with Gasteiger partial charge in [-0.1, -0.05) is 17.7 Å². The summed E-state index contributed by atoms with van der Waals surface area (Å²) in [4.78, 5) is 36.7. The lowest BCUT2D eigenvalue weighted by Gasteiger charge is -2.39. The summed E-state index contributed by atoms with van der Waals surface area (Å²) in [5, 5.41) is 18.6. The van der Waals surface area contributed by atoms with Gasteiger partial charge in [0.05, 0.1) is 0 Å². The average Bonchev–Trinajstić information content (AvgIpc) is 2.47. The van der Waals surface area contributed by atoms with E-state index in [0.29, 0.717) is 12.1 Å². The average molecular weight is 292 g/mol. The van der Waals surface area contributed by atoms with Crippen LogP contribution in [0.15, 0.2) is 24.3 Å². The predicted molar refractivity (Wildman–Crippen MR) is 73.7 cm³/mol. The molecule has 21 heavy (non-hydrogen) atoms. The molecule has 7 nitrogen and oxygen atoms in total. The van der Waals surface area contributed by atoms with Crippen LogP contribution in [-0.4, -0.2) is 58.6 Å². The lowest BCUT2D eigenvalue weighted by atomic mass is 10.0. The van der Waals surface area contributed by atoms with Gasteiger partial charge in [0.1, 0.15) is 6.04 Å². The number of aliphatic hydroxyl groups is 1. The van der Waals surface area contributed by atoms with Crippen LogP contribution < -0.4 is 4.90 Å². The van der Waals surface area contributed by atoms with Crippen LogP contribution >= 0.6 is 0 Å². The molecule has 1 aliphatic rings. The molecule has 1 saturated heterocycles. The van der Waals surface area contributed by atoms with E-state index in [0.717, 1.165) is 10.5 Å². The van der Waals surface area contributed by atoms with Crippen molar-refractivity contribution in [3.63, 3.8) is 0 Å². The summed E-state index contributed by atoms with van der Waals surface area (Å²) in [5.74, 6) is -2.14. The summed E-state index contributed by atoms with van der Waals surface area (Å²) in [6, 6.07) is 5.74. The van der Waals surface area contributed by atoms with Gasteiger partial charge < -0.3 is 20.0 Å². The number of hydrogen-bond acceptors (Lipinski definition) is 4. The molecule has 112 valence electrons. The summed E-state index contributed by atoms with van der Waals surface area (Å²) in [7, 11) is 0. The van der Waals surface area contributed by atoms with E-state index in [9.17, 15) is 19.5 Å². The van der Waals surface area contributed by atoms with Gasteiger partial charge in [-0.2, -0.15) is 0 Å². The number of carbonyl (C=O) groups excluding carboxylic acids is 2. The smallest absolute Gasteiger partial charge is 0.335 e. The van der Waals surface area contributed by atoms with Crippen LogP contribution in [0.25, 0.3) is 0 Å². The molecule has 1 heterocycles. The number of carbonyl (C=O) groups is 3. The molecule has 0 bridgehead atoms. The molecule has 1 aliphatic heterocycles. The van der Waals surface area contributed by atoms with Crippen molar-refractivity contribution >= 4 is 24.0 Å². The number of nitrogens with zero attached hydrogens (tertiary/aromatic N) is 2. The van der Waals surface area contributed by atoms with E-state index < -0.39 is 24.0 Å². The highest BCUT2D eigenvalue weighted by molar-refractivity contribution is 6.01. The van der Waals surface area contributed by atoms with Crippen molar-refractivity contribution in [2.24, 2.45) is 0 Å². The fourth-order valence-electron chi connectivity index (χ4n) is 2.32. The normalized spacial score (nSPS) is 20.3. The molecule has 1 aromatic carbocycles. The Morgan fingerprint density at radius 1 is 1.33 bits per heavy atom. The number of piperazine rings is 1. The van der Waals surface area contributed by atoms with Crippen LogP contribution in [0.4, 0.5) is 5.69 Å². The molecule has 0 saturated carbocycles. The third-order valence-corrected chi connectivity index (χ3v) is 3.49. The molecule has 7 heteroatoms. The van der Waals surface area contributed by atoms with Gasteiger partial charge in [-0.3, -0.25) is 9.59 Å². The third-order valence-electron chi connectivity index (χ3n) is 3.49. The zero-order chi connectivity index (χ0) is 15.6. The number of amides is 2. The van der Waals surface area contributed by atoms with E-state index in [2.05, 4.69) is 0 Å². The number of benzene rings is 1. The lowest BCUT2D eigenvalue weighted by molar-refractivity contribution is -0.156. The number of carboxylic acid groups (broad SMARTS) is 1. The van der Waals surface area contributed by atoms with E-state index in [1.807, 2.05) is 19.1 Å². The Kier molecular flexibility index (Phi) is 4.23. The first-order chi connectivity index (χ1) is 9.95. The molecule has 0 radical (unpaired) electrons. The predicted octanol–water partition coefficient (Wildman–Crippen LogP) is -0.386. The summed E-state index contributed by atoms with van der Waals surface area (Å²) >= 11 is 0. The van der Waals surface area contributed by atoms with Gasteiger partial charge in [-0.15, -0.1) is 0 Å². The Balaban J connectivity index is 2.31. The Morgan fingerprint density at radius 3 is 2.48 bits per heavy atom. The Morgan fingerprint density at radius 2 is 1.95 bits per heavy atom. The van der Waals surface area contributed by atoms with Gasteiger partial charge in [0, 0.05) is 18.8 Å². The van der Waals surface area contributed by atoms with Crippen molar-refractivity contribution in [1.29, 1.82) is 0 Å². The van der Waals surface area contributed by atoms with E-state index >= 15 is 0 Å². The van der Waals surface area contributed by atoms with E-state index in [4.69, 9.17) is 5.11 Å². The molecule has 2 N–H and O–H groups in total. The minimum absolute atomic E-state index is 0.165. The molecule has 2 rings (SSSR count). The highest BCUT2D eigenvalue weighted by atomic mass is 16.4.